The number of carbonyl (C=O) groups excluding carboxylic acids is 1. The minimum atomic E-state index is -0.334. The number of thiazole rings is 1. The van der Waals surface area contributed by atoms with E-state index in [-0.39, 0.29) is 18.3 Å². The number of hydrogen-bond acceptors (Lipinski definition) is 3. The van der Waals surface area contributed by atoms with Gasteiger partial charge in [0.25, 0.3) is 5.91 Å². The van der Waals surface area contributed by atoms with E-state index >= 15 is 0 Å². The lowest BCUT2D eigenvalue weighted by Gasteiger charge is -2.06. The van der Waals surface area contributed by atoms with Crippen LogP contribution in [0.4, 0.5) is 4.39 Å². The van der Waals surface area contributed by atoms with Crippen molar-refractivity contribution < 1.29 is 9.18 Å². The molecule has 0 aliphatic rings. The lowest BCUT2D eigenvalue weighted by Crippen LogP contribution is -2.23. The quantitative estimate of drug-likeness (QED) is 0.939. The van der Waals surface area contributed by atoms with Crippen LogP contribution in [0.5, 0.6) is 0 Å². The topological polar surface area (TPSA) is 42.0 Å². The van der Waals surface area contributed by atoms with Gasteiger partial charge >= 0.3 is 0 Å². The van der Waals surface area contributed by atoms with Gasteiger partial charge in [-0.3, -0.25) is 4.79 Å². The van der Waals surface area contributed by atoms with E-state index < -0.39 is 0 Å². The standard InChI is InChI=1S/C12H10BrFN2OS/c1-7-11(18-6-16-7)12(17)15-5-8-4-9(13)2-3-10(8)14/h2-4,6H,5H2,1H3,(H,15,17). The number of halogens is 2. The van der Waals surface area contributed by atoms with Crippen molar-refractivity contribution in [2.24, 2.45) is 0 Å². The van der Waals surface area contributed by atoms with E-state index in [2.05, 4.69) is 26.2 Å². The van der Waals surface area contributed by atoms with Crippen molar-refractivity contribution >= 4 is 33.2 Å². The Morgan fingerprint density at radius 1 is 1.56 bits per heavy atom. The van der Waals surface area contributed by atoms with Crippen LogP contribution < -0.4 is 5.32 Å². The van der Waals surface area contributed by atoms with Crippen molar-refractivity contribution in [3.8, 4) is 0 Å². The summed E-state index contributed by atoms with van der Waals surface area (Å²) in [6, 6.07) is 4.63. The number of nitrogens with zero attached hydrogens (tertiary/aromatic N) is 1. The van der Waals surface area contributed by atoms with Crippen LogP contribution in [0.25, 0.3) is 0 Å². The predicted octanol–water partition coefficient (Wildman–Crippen LogP) is 3.28. The van der Waals surface area contributed by atoms with Crippen molar-refractivity contribution in [1.82, 2.24) is 10.3 Å². The third-order valence-corrected chi connectivity index (χ3v) is 3.82. The van der Waals surface area contributed by atoms with E-state index in [4.69, 9.17) is 0 Å². The first kappa shape index (κ1) is 13.2. The van der Waals surface area contributed by atoms with Crippen LogP contribution in [0.3, 0.4) is 0 Å². The zero-order valence-corrected chi connectivity index (χ0v) is 11.9. The van der Waals surface area contributed by atoms with Gasteiger partial charge in [0.1, 0.15) is 10.7 Å². The number of aryl methyl sites for hydroxylation is 1. The maximum atomic E-state index is 13.5. The van der Waals surface area contributed by atoms with Crippen molar-refractivity contribution in [2.45, 2.75) is 13.5 Å². The zero-order valence-electron chi connectivity index (χ0n) is 9.54. The summed E-state index contributed by atoms with van der Waals surface area (Å²) in [5.74, 6) is -0.561. The number of hydrogen-bond donors (Lipinski definition) is 1. The molecule has 1 heterocycles. The molecule has 1 aromatic heterocycles. The first-order valence-corrected chi connectivity index (χ1v) is 6.87. The summed E-state index contributed by atoms with van der Waals surface area (Å²) >= 11 is 4.54. The molecular weight excluding hydrogens is 319 g/mol. The van der Waals surface area contributed by atoms with Gasteiger partial charge in [-0.15, -0.1) is 11.3 Å². The van der Waals surface area contributed by atoms with Crippen LogP contribution in [0.2, 0.25) is 0 Å². The number of aromatic nitrogens is 1. The molecule has 1 amide bonds. The number of amides is 1. The second-order valence-electron chi connectivity index (χ2n) is 3.69. The molecule has 0 unspecified atom stereocenters. The third kappa shape index (κ3) is 2.94. The summed E-state index contributed by atoms with van der Waals surface area (Å²) in [5.41, 5.74) is 2.75. The van der Waals surface area contributed by atoms with Crippen LogP contribution in [0.1, 0.15) is 20.9 Å². The summed E-state index contributed by atoms with van der Waals surface area (Å²) in [4.78, 5) is 16.4. The van der Waals surface area contributed by atoms with E-state index in [1.165, 1.54) is 17.4 Å². The molecule has 0 aliphatic heterocycles. The smallest absolute Gasteiger partial charge is 0.263 e. The molecule has 94 valence electrons. The Kier molecular flexibility index (Phi) is 4.08. The van der Waals surface area contributed by atoms with Gasteiger partial charge in [0.2, 0.25) is 0 Å². The van der Waals surface area contributed by atoms with Gasteiger partial charge in [-0.2, -0.15) is 0 Å². The van der Waals surface area contributed by atoms with Gasteiger partial charge in [0.15, 0.2) is 0 Å². The predicted molar refractivity (Wildman–Crippen MR) is 72.1 cm³/mol. The van der Waals surface area contributed by atoms with Gasteiger partial charge in [0, 0.05) is 16.6 Å². The molecule has 0 fully saturated rings. The molecule has 0 bridgehead atoms. The van der Waals surface area contributed by atoms with Crippen molar-refractivity contribution in [1.29, 1.82) is 0 Å². The molecule has 0 atom stereocenters. The molecule has 2 rings (SSSR count). The fourth-order valence-corrected chi connectivity index (χ4v) is 2.58. The monoisotopic (exact) mass is 328 g/mol. The fourth-order valence-electron chi connectivity index (χ4n) is 1.45. The van der Waals surface area contributed by atoms with Gasteiger partial charge in [-0.05, 0) is 25.1 Å². The average Bonchev–Trinajstić information content (AvgIpc) is 2.76. The molecule has 0 radical (unpaired) electrons. The van der Waals surface area contributed by atoms with Crippen molar-refractivity contribution in [2.75, 3.05) is 0 Å². The van der Waals surface area contributed by atoms with Gasteiger partial charge in [-0.1, -0.05) is 15.9 Å². The second kappa shape index (κ2) is 5.58. The van der Waals surface area contributed by atoms with Crippen LogP contribution in [0.15, 0.2) is 28.2 Å². The van der Waals surface area contributed by atoms with Gasteiger partial charge in [0.05, 0.1) is 11.2 Å². The molecule has 1 N–H and O–H groups in total. The summed E-state index contributed by atoms with van der Waals surface area (Å²) < 4.78 is 14.2. The molecule has 1 aromatic carbocycles. The molecule has 0 aliphatic carbocycles. The van der Waals surface area contributed by atoms with Gasteiger partial charge in [-0.25, -0.2) is 9.37 Å². The van der Waals surface area contributed by atoms with E-state index in [9.17, 15) is 9.18 Å². The Labute approximate surface area is 116 Å². The molecule has 0 spiro atoms. The highest BCUT2D eigenvalue weighted by molar-refractivity contribution is 9.10. The van der Waals surface area contributed by atoms with Crippen LogP contribution in [0, 0.1) is 12.7 Å². The highest BCUT2D eigenvalue weighted by Gasteiger charge is 2.12. The Balaban J connectivity index is 2.06. The molecule has 3 nitrogen and oxygen atoms in total. The van der Waals surface area contributed by atoms with Crippen LogP contribution in [-0.2, 0) is 6.54 Å². The maximum absolute atomic E-state index is 13.5. The highest BCUT2D eigenvalue weighted by atomic mass is 79.9. The second-order valence-corrected chi connectivity index (χ2v) is 5.46. The minimum Gasteiger partial charge on any atom is -0.347 e. The minimum absolute atomic E-state index is 0.154. The molecule has 2 aromatic rings. The zero-order chi connectivity index (χ0) is 13.1. The SMILES string of the molecule is Cc1ncsc1C(=O)NCc1cc(Br)ccc1F. The fraction of sp³-hybridized carbons (Fsp3) is 0.167. The van der Waals surface area contributed by atoms with E-state index in [1.807, 2.05) is 0 Å². The Bertz CT molecular complexity index is 585. The third-order valence-electron chi connectivity index (χ3n) is 2.40. The Morgan fingerprint density at radius 2 is 2.33 bits per heavy atom. The summed E-state index contributed by atoms with van der Waals surface area (Å²) in [6.07, 6.45) is 0. The lowest BCUT2D eigenvalue weighted by molar-refractivity contribution is 0.0954. The summed E-state index contributed by atoms with van der Waals surface area (Å²) in [7, 11) is 0. The molecule has 0 saturated heterocycles. The van der Waals surface area contributed by atoms with E-state index in [1.54, 1.807) is 24.6 Å². The Hall–Kier alpha value is -1.27. The van der Waals surface area contributed by atoms with Crippen molar-refractivity contribution in [3.05, 3.63) is 50.1 Å². The number of benzene rings is 1. The summed E-state index contributed by atoms with van der Waals surface area (Å²) in [6.45, 7) is 1.92. The molecular formula is C12H10BrFN2OS. The lowest BCUT2D eigenvalue weighted by atomic mass is 10.2. The largest absolute Gasteiger partial charge is 0.347 e. The Morgan fingerprint density at radius 3 is 3.00 bits per heavy atom. The van der Waals surface area contributed by atoms with Gasteiger partial charge < -0.3 is 5.32 Å². The van der Waals surface area contributed by atoms with Crippen LogP contribution >= 0.6 is 27.3 Å². The first-order valence-electron chi connectivity index (χ1n) is 5.20. The van der Waals surface area contributed by atoms with E-state index in [0.717, 1.165) is 4.47 Å². The highest BCUT2D eigenvalue weighted by Crippen LogP contribution is 2.16. The first-order chi connectivity index (χ1) is 8.58. The number of nitrogens with one attached hydrogen (secondary N) is 1. The van der Waals surface area contributed by atoms with Crippen molar-refractivity contribution in [3.63, 3.8) is 0 Å². The molecule has 18 heavy (non-hydrogen) atoms. The maximum Gasteiger partial charge on any atom is 0.263 e. The molecule has 0 saturated carbocycles. The molecule has 6 heteroatoms. The van der Waals surface area contributed by atoms with Crippen LogP contribution in [-0.4, -0.2) is 10.9 Å². The number of rotatable bonds is 3. The normalized spacial score (nSPS) is 10.4. The average molecular weight is 329 g/mol. The summed E-state index contributed by atoms with van der Waals surface area (Å²) in [5, 5.41) is 2.68. The van der Waals surface area contributed by atoms with E-state index in [0.29, 0.717) is 16.1 Å². The number of carbonyl (C=O) groups is 1.